The van der Waals surface area contributed by atoms with E-state index in [0.29, 0.717) is 10.6 Å². The Morgan fingerprint density at radius 1 is 1.57 bits per heavy atom. The van der Waals surface area contributed by atoms with E-state index in [0.717, 1.165) is 0 Å². The number of nitrogens with zero attached hydrogens (tertiary/aromatic N) is 2. The molecule has 1 aromatic rings. The molecule has 76 valence electrons. The first-order valence-electron chi connectivity index (χ1n) is 4.02. The van der Waals surface area contributed by atoms with Gasteiger partial charge < -0.3 is 9.64 Å². The normalized spacial score (nSPS) is 9.71. The predicted octanol–water partition coefficient (Wildman–Crippen LogP) is 2.10. The second-order valence-corrected chi connectivity index (χ2v) is 3.39. The van der Waals surface area contributed by atoms with Crippen LogP contribution < -0.4 is 4.74 Å². The van der Waals surface area contributed by atoms with Gasteiger partial charge in [-0.3, -0.25) is 0 Å². The highest BCUT2D eigenvalue weighted by molar-refractivity contribution is 6.31. The maximum Gasteiger partial charge on any atom is 0.416 e. The average molecular weight is 215 g/mol. The predicted molar refractivity (Wildman–Crippen MR) is 53.7 cm³/mol. The van der Waals surface area contributed by atoms with Crippen molar-refractivity contribution in [3.05, 3.63) is 22.8 Å². The van der Waals surface area contributed by atoms with Crippen LogP contribution >= 0.6 is 11.6 Å². The van der Waals surface area contributed by atoms with Crippen LogP contribution in [0.2, 0.25) is 5.02 Å². The van der Waals surface area contributed by atoms with Crippen molar-refractivity contribution in [3.8, 4) is 5.88 Å². The molecule has 0 aromatic carbocycles. The lowest BCUT2D eigenvalue weighted by molar-refractivity contribution is 0.169. The topological polar surface area (TPSA) is 42.4 Å². The average Bonchev–Trinajstić information content (AvgIpc) is 2.12. The highest BCUT2D eigenvalue weighted by atomic mass is 35.5. The van der Waals surface area contributed by atoms with Gasteiger partial charge in [-0.15, -0.1) is 0 Å². The van der Waals surface area contributed by atoms with Gasteiger partial charge in [-0.05, 0) is 13.0 Å². The van der Waals surface area contributed by atoms with Crippen LogP contribution in [-0.2, 0) is 0 Å². The number of rotatable bonds is 1. The van der Waals surface area contributed by atoms with Gasteiger partial charge in [-0.25, -0.2) is 9.78 Å². The summed E-state index contributed by atoms with van der Waals surface area (Å²) < 4.78 is 4.98. The van der Waals surface area contributed by atoms with Crippen LogP contribution in [0.25, 0.3) is 0 Å². The summed E-state index contributed by atoms with van der Waals surface area (Å²) in [6, 6.07) is 1.64. The Kier molecular flexibility index (Phi) is 3.30. The summed E-state index contributed by atoms with van der Waals surface area (Å²) in [4.78, 5) is 16.4. The second-order valence-electron chi connectivity index (χ2n) is 2.99. The Balaban J connectivity index is 2.87. The monoisotopic (exact) mass is 214 g/mol. The molecule has 14 heavy (non-hydrogen) atoms. The molecule has 1 rings (SSSR count). The van der Waals surface area contributed by atoms with Gasteiger partial charge in [-0.1, -0.05) is 11.6 Å². The van der Waals surface area contributed by atoms with Crippen molar-refractivity contribution in [2.24, 2.45) is 0 Å². The molecule has 0 spiro atoms. The van der Waals surface area contributed by atoms with Crippen LogP contribution in [0, 0.1) is 6.92 Å². The van der Waals surface area contributed by atoms with Crippen molar-refractivity contribution in [3.63, 3.8) is 0 Å². The number of carbonyl (C=O) groups excluding carboxylic acids is 1. The molecular weight excluding hydrogens is 204 g/mol. The van der Waals surface area contributed by atoms with E-state index in [1.54, 1.807) is 27.1 Å². The van der Waals surface area contributed by atoms with Gasteiger partial charge in [0.05, 0.1) is 5.02 Å². The number of pyridine rings is 1. The zero-order chi connectivity index (χ0) is 10.7. The standard InChI is InChI=1S/C9H11ClN2O2/c1-6-7(10)4-5-11-8(6)14-9(13)12(2)3/h4-5H,1-3H3. The fraction of sp³-hybridized carbons (Fsp3) is 0.333. The number of hydrogen-bond acceptors (Lipinski definition) is 3. The van der Waals surface area contributed by atoms with Crippen LogP contribution in [0.5, 0.6) is 5.88 Å². The third kappa shape index (κ3) is 2.35. The first-order chi connectivity index (χ1) is 6.52. The van der Waals surface area contributed by atoms with Crippen molar-refractivity contribution in [1.82, 2.24) is 9.88 Å². The van der Waals surface area contributed by atoms with Crippen LogP contribution in [0.3, 0.4) is 0 Å². The Hall–Kier alpha value is -1.29. The molecule has 4 nitrogen and oxygen atoms in total. The molecule has 0 bridgehead atoms. The number of hydrogen-bond donors (Lipinski definition) is 0. The molecule has 0 aliphatic heterocycles. The molecule has 0 aliphatic rings. The van der Waals surface area contributed by atoms with Crippen LogP contribution in [0.4, 0.5) is 4.79 Å². The molecule has 0 N–H and O–H groups in total. The minimum atomic E-state index is -0.470. The minimum Gasteiger partial charge on any atom is -0.391 e. The first-order valence-corrected chi connectivity index (χ1v) is 4.40. The van der Waals surface area contributed by atoms with Crippen LogP contribution in [0.1, 0.15) is 5.56 Å². The maximum atomic E-state index is 11.2. The lowest BCUT2D eigenvalue weighted by atomic mass is 10.3. The Bertz CT molecular complexity index is 353. The van der Waals surface area contributed by atoms with Gasteiger partial charge >= 0.3 is 6.09 Å². The Labute approximate surface area is 87.4 Å². The minimum absolute atomic E-state index is 0.246. The fourth-order valence-electron chi connectivity index (χ4n) is 0.771. The summed E-state index contributed by atoms with van der Waals surface area (Å²) >= 11 is 5.83. The zero-order valence-corrected chi connectivity index (χ0v) is 9.00. The Morgan fingerprint density at radius 2 is 2.21 bits per heavy atom. The van der Waals surface area contributed by atoms with E-state index in [2.05, 4.69) is 4.98 Å². The number of ether oxygens (including phenoxy) is 1. The largest absolute Gasteiger partial charge is 0.416 e. The van der Waals surface area contributed by atoms with E-state index in [-0.39, 0.29) is 5.88 Å². The van der Waals surface area contributed by atoms with Gasteiger partial charge in [0.2, 0.25) is 5.88 Å². The van der Waals surface area contributed by atoms with Crippen molar-refractivity contribution in [2.75, 3.05) is 14.1 Å². The molecule has 0 atom stereocenters. The van der Waals surface area contributed by atoms with Crippen molar-refractivity contribution < 1.29 is 9.53 Å². The number of aromatic nitrogens is 1. The summed E-state index contributed by atoms with van der Waals surface area (Å²) in [6.07, 6.45) is 1.02. The van der Waals surface area contributed by atoms with Gasteiger partial charge in [0.25, 0.3) is 0 Å². The lowest BCUT2D eigenvalue weighted by Crippen LogP contribution is -2.25. The van der Waals surface area contributed by atoms with Gasteiger partial charge in [0.1, 0.15) is 0 Å². The molecule has 5 heteroatoms. The van der Waals surface area contributed by atoms with Crippen molar-refractivity contribution >= 4 is 17.7 Å². The summed E-state index contributed by atoms with van der Waals surface area (Å²) in [7, 11) is 3.20. The molecule has 1 amide bonds. The lowest BCUT2D eigenvalue weighted by Gasteiger charge is -2.11. The quantitative estimate of drug-likeness (QED) is 0.719. The third-order valence-electron chi connectivity index (χ3n) is 1.64. The molecule has 0 saturated carbocycles. The molecular formula is C9H11ClN2O2. The highest BCUT2D eigenvalue weighted by Crippen LogP contribution is 2.22. The molecule has 0 fully saturated rings. The molecule has 1 aromatic heterocycles. The van der Waals surface area contributed by atoms with Crippen molar-refractivity contribution in [1.29, 1.82) is 0 Å². The summed E-state index contributed by atoms with van der Waals surface area (Å²) in [5.41, 5.74) is 0.657. The molecule has 0 saturated heterocycles. The van der Waals surface area contributed by atoms with Crippen LogP contribution in [0.15, 0.2) is 12.3 Å². The maximum absolute atomic E-state index is 11.2. The van der Waals surface area contributed by atoms with Crippen LogP contribution in [-0.4, -0.2) is 30.1 Å². The number of amides is 1. The van der Waals surface area contributed by atoms with E-state index in [4.69, 9.17) is 16.3 Å². The first kappa shape index (κ1) is 10.8. The van der Waals surface area contributed by atoms with E-state index in [1.165, 1.54) is 11.1 Å². The summed E-state index contributed by atoms with van der Waals surface area (Å²) in [5.74, 6) is 0.246. The molecule has 1 heterocycles. The zero-order valence-electron chi connectivity index (χ0n) is 8.24. The third-order valence-corrected chi connectivity index (χ3v) is 2.05. The van der Waals surface area contributed by atoms with E-state index >= 15 is 0 Å². The van der Waals surface area contributed by atoms with E-state index < -0.39 is 6.09 Å². The summed E-state index contributed by atoms with van der Waals surface area (Å²) in [5, 5.41) is 0.529. The van der Waals surface area contributed by atoms with E-state index in [1.807, 2.05) is 0 Å². The second kappa shape index (κ2) is 4.28. The van der Waals surface area contributed by atoms with Gasteiger partial charge in [-0.2, -0.15) is 0 Å². The smallest absolute Gasteiger partial charge is 0.391 e. The molecule has 0 aliphatic carbocycles. The SMILES string of the molecule is Cc1c(Cl)ccnc1OC(=O)N(C)C. The van der Waals surface area contributed by atoms with E-state index in [9.17, 15) is 4.79 Å². The summed E-state index contributed by atoms with van der Waals surface area (Å²) in [6.45, 7) is 1.74. The van der Waals surface area contributed by atoms with Gasteiger partial charge in [0.15, 0.2) is 0 Å². The Morgan fingerprint density at radius 3 is 2.79 bits per heavy atom. The molecule has 0 unspecified atom stereocenters. The number of carbonyl (C=O) groups is 1. The fourth-order valence-corrected chi connectivity index (χ4v) is 0.908. The highest BCUT2D eigenvalue weighted by Gasteiger charge is 2.11. The molecule has 0 radical (unpaired) electrons. The number of halogens is 1. The van der Waals surface area contributed by atoms with Gasteiger partial charge in [0, 0.05) is 25.9 Å². The van der Waals surface area contributed by atoms with Crippen molar-refractivity contribution in [2.45, 2.75) is 6.92 Å².